The average Bonchev–Trinajstić information content (AvgIpc) is 2.86. The molecule has 210 valence electrons. The van der Waals surface area contributed by atoms with E-state index in [2.05, 4.69) is 9.47 Å². The van der Waals surface area contributed by atoms with Crippen molar-refractivity contribution in [3.05, 3.63) is 70.8 Å². The SMILES string of the molecule is COC(=O)c1ccccc1C(F)(F)C(F)(F)C(F)(F)C(F)(F)C(F)(F)C(F)(F)c1ccccc1C(=O)OC. The van der Waals surface area contributed by atoms with Gasteiger partial charge in [0.1, 0.15) is 0 Å². The van der Waals surface area contributed by atoms with E-state index in [4.69, 9.17) is 0 Å². The van der Waals surface area contributed by atoms with Crippen molar-refractivity contribution in [2.75, 3.05) is 14.2 Å². The largest absolute Gasteiger partial charge is 0.465 e. The highest BCUT2D eigenvalue weighted by Gasteiger charge is 2.90. The number of methoxy groups -OCH3 is 2. The first kappa shape index (κ1) is 30.8. The zero-order chi connectivity index (χ0) is 29.5. The van der Waals surface area contributed by atoms with E-state index in [1.165, 1.54) is 0 Å². The minimum atomic E-state index is -7.90. The predicted octanol–water partition coefficient (Wildman–Crippen LogP) is 6.68. The number of carbonyl (C=O) groups is 2. The molecule has 0 saturated heterocycles. The number of ether oxygens (including phenoxy) is 2. The molecule has 0 aromatic heterocycles. The van der Waals surface area contributed by atoms with Crippen LogP contribution in [0.3, 0.4) is 0 Å². The Labute approximate surface area is 205 Å². The summed E-state index contributed by atoms with van der Waals surface area (Å²) in [6.07, 6.45) is 0. The van der Waals surface area contributed by atoms with Crippen LogP contribution in [0.4, 0.5) is 52.7 Å². The van der Waals surface area contributed by atoms with Gasteiger partial charge in [-0.3, -0.25) is 0 Å². The van der Waals surface area contributed by atoms with Crippen molar-refractivity contribution >= 4 is 11.9 Å². The van der Waals surface area contributed by atoms with Gasteiger partial charge >= 0.3 is 47.5 Å². The quantitative estimate of drug-likeness (QED) is 0.249. The van der Waals surface area contributed by atoms with Gasteiger partial charge in [-0.15, -0.1) is 0 Å². The molecular weight excluding hydrogens is 556 g/mol. The van der Waals surface area contributed by atoms with Crippen LogP contribution in [0.5, 0.6) is 0 Å². The molecule has 0 aliphatic heterocycles. The summed E-state index contributed by atoms with van der Waals surface area (Å²) in [5.41, 5.74) is -7.78. The predicted molar refractivity (Wildman–Crippen MR) is 103 cm³/mol. The molecular formula is C22H14F12O4. The van der Waals surface area contributed by atoms with E-state index < -0.39 is 69.7 Å². The zero-order valence-electron chi connectivity index (χ0n) is 18.8. The van der Waals surface area contributed by atoms with E-state index in [0.717, 1.165) is 12.1 Å². The summed E-state index contributed by atoms with van der Waals surface area (Å²) in [5, 5.41) is 0. The fourth-order valence-electron chi connectivity index (χ4n) is 3.22. The van der Waals surface area contributed by atoms with E-state index in [1.807, 2.05) is 0 Å². The number of alkyl halides is 12. The summed E-state index contributed by atoms with van der Waals surface area (Å²) in [7, 11) is 1.10. The van der Waals surface area contributed by atoms with Gasteiger partial charge in [0.2, 0.25) is 0 Å². The first-order chi connectivity index (χ1) is 17.2. The molecule has 2 rings (SSSR count). The number of halogens is 12. The fraction of sp³-hybridized carbons (Fsp3) is 0.364. The van der Waals surface area contributed by atoms with Crippen molar-refractivity contribution < 1.29 is 71.7 Å². The van der Waals surface area contributed by atoms with Crippen LogP contribution in [0.1, 0.15) is 31.8 Å². The Bertz CT molecular complexity index is 1120. The number of benzene rings is 2. The Hall–Kier alpha value is -3.46. The third-order valence-electron chi connectivity index (χ3n) is 5.31. The second-order valence-corrected chi connectivity index (χ2v) is 7.52. The molecule has 38 heavy (non-hydrogen) atoms. The third kappa shape index (κ3) is 4.22. The van der Waals surface area contributed by atoms with Crippen molar-refractivity contribution in [1.29, 1.82) is 0 Å². The van der Waals surface area contributed by atoms with Gasteiger partial charge in [0.25, 0.3) is 0 Å². The second-order valence-electron chi connectivity index (χ2n) is 7.52. The summed E-state index contributed by atoms with van der Waals surface area (Å²) in [4.78, 5) is 23.2. The van der Waals surface area contributed by atoms with Gasteiger partial charge in [-0.05, 0) is 12.1 Å². The van der Waals surface area contributed by atoms with Crippen LogP contribution in [-0.4, -0.2) is 49.8 Å². The number of rotatable bonds is 9. The molecule has 0 aliphatic rings. The minimum absolute atomic E-state index is 0.0895. The van der Waals surface area contributed by atoms with Crippen LogP contribution in [0.2, 0.25) is 0 Å². The van der Waals surface area contributed by atoms with E-state index in [1.54, 1.807) is 0 Å². The topological polar surface area (TPSA) is 52.6 Å². The Kier molecular flexibility index (Phi) is 7.84. The highest BCUT2D eigenvalue weighted by Crippen LogP contribution is 2.63. The molecule has 0 spiro atoms. The minimum Gasteiger partial charge on any atom is -0.465 e. The molecule has 0 fully saturated rings. The fourth-order valence-corrected chi connectivity index (χ4v) is 3.22. The highest BCUT2D eigenvalue weighted by molar-refractivity contribution is 5.92. The van der Waals surface area contributed by atoms with Crippen molar-refractivity contribution in [3.8, 4) is 0 Å². The molecule has 0 radical (unpaired) electrons. The van der Waals surface area contributed by atoms with Gasteiger partial charge in [-0.25, -0.2) is 9.59 Å². The van der Waals surface area contributed by atoms with E-state index in [9.17, 15) is 62.3 Å². The number of hydrogen-bond acceptors (Lipinski definition) is 4. The molecule has 0 saturated carbocycles. The van der Waals surface area contributed by atoms with Crippen molar-refractivity contribution in [2.45, 2.75) is 35.5 Å². The Morgan fingerprint density at radius 2 is 0.763 bits per heavy atom. The third-order valence-corrected chi connectivity index (χ3v) is 5.31. The lowest BCUT2D eigenvalue weighted by atomic mass is 9.85. The summed E-state index contributed by atoms with van der Waals surface area (Å²) in [5.74, 6) is -47.6. The summed E-state index contributed by atoms with van der Waals surface area (Å²) < 4.78 is 183. The van der Waals surface area contributed by atoms with Gasteiger partial charge in [0, 0.05) is 11.1 Å². The van der Waals surface area contributed by atoms with Crippen molar-refractivity contribution in [2.24, 2.45) is 0 Å². The lowest BCUT2D eigenvalue weighted by molar-refractivity contribution is -0.429. The molecule has 0 bridgehead atoms. The van der Waals surface area contributed by atoms with E-state index in [-0.39, 0.29) is 12.1 Å². The maximum absolute atomic E-state index is 14.7. The van der Waals surface area contributed by atoms with Gasteiger partial charge in [0.05, 0.1) is 25.3 Å². The Balaban J connectivity index is 2.74. The van der Waals surface area contributed by atoms with Crippen molar-refractivity contribution in [1.82, 2.24) is 0 Å². The zero-order valence-corrected chi connectivity index (χ0v) is 18.8. The molecule has 0 aliphatic carbocycles. The monoisotopic (exact) mass is 570 g/mol. The molecule has 0 amide bonds. The maximum atomic E-state index is 14.7. The normalized spacial score (nSPS) is 13.7. The first-order valence-electron chi connectivity index (χ1n) is 9.81. The van der Waals surface area contributed by atoms with Gasteiger partial charge < -0.3 is 9.47 Å². The molecule has 4 nitrogen and oxygen atoms in total. The van der Waals surface area contributed by atoms with Crippen LogP contribution in [0.15, 0.2) is 48.5 Å². The van der Waals surface area contributed by atoms with Crippen LogP contribution in [0.25, 0.3) is 0 Å². The molecule has 0 unspecified atom stereocenters. The van der Waals surface area contributed by atoms with E-state index in [0.29, 0.717) is 38.5 Å². The standard InChI is InChI=1S/C22H14F12O4/c1-37-15(35)11-7-3-5-9-13(11)17(23,24)19(27,28)21(31,32)22(33,34)20(29,30)18(25,26)14-10-6-4-8-12(14)16(36)38-2/h3-10H,1-2H3. The summed E-state index contributed by atoms with van der Waals surface area (Å²) in [6, 6.07) is 2.97. The first-order valence-corrected chi connectivity index (χ1v) is 9.81. The number of carbonyl (C=O) groups excluding carboxylic acids is 2. The summed E-state index contributed by atoms with van der Waals surface area (Å²) in [6.45, 7) is 0. The highest BCUT2D eigenvalue weighted by atomic mass is 19.4. The lowest BCUT2D eigenvalue weighted by Crippen LogP contribution is -2.69. The van der Waals surface area contributed by atoms with Crippen LogP contribution >= 0.6 is 0 Å². The van der Waals surface area contributed by atoms with Crippen molar-refractivity contribution in [3.63, 3.8) is 0 Å². The second kappa shape index (κ2) is 9.69. The van der Waals surface area contributed by atoms with Gasteiger partial charge in [-0.2, -0.15) is 52.7 Å². The Morgan fingerprint density at radius 1 is 0.500 bits per heavy atom. The average molecular weight is 570 g/mol. The van der Waals surface area contributed by atoms with Gasteiger partial charge in [0.15, 0.2) is 0 Å². The molecule has 0 N–H and O–H groups in total. The van der Waals surface area contributed by atoms with Crippen LogP contribution < -0.4 is 0 Å². The molecule has 2 aromatic rings. The molecule has 16 heteroatoms. The molecule has 0 heterocycles. The van der Waals surface area contributed by atoms with Crippen LogP contribution in [-0.2, 0) is 21.3 Å². The van der Waals surface area contributed by atoms with Gasteiger partial charge in [-0.1, -0.05) is 36.4 Å². The smallest absolute Gasteiger partial charge is 0.385 e. The summed E-state index contributed by atoms with van der Waals surface area (Å²) >= 11 is 0. The lowest BCUT2D eigenvalue weighted by Gasteiger charge is -2.41. The number of hydrogen-bond donors (Lipinski definition) is 0. The Morgan fingerprint density at radius 3 is 1.03 bits per heavy atom. The molecule has 0 atom stereocenters. The maximum Gasteiger partial charge on any atom is 0.385 e. The van der Waals surface area contributed by atoms with E-state index >= 15 is 0 Å². The van der Waals surface area contributed by atoms with Crippen LogP contribution in [0, 0.1) is 0 Å². The number of esters is 2. The molecule has 2 aromatic carbocycles.